The highest BCUT2D eigenvalue weighted by molar-refractivity contribution is 4.80. The van der Waals surface area contributed by atoms with Crippen molar-refractivity contribution in [3.8, 4) is 0 Å². The van der Waals surface area contributed by atoms with Crippen LogP contribution in [0.3, 0.4) is 0 Å². The van der Waals surface area contributed by atoms with Gasteiger partial charge in [-0.2, -0.15) is 0 Å². The molecule has 0 rings (SSSR count). The maximum Gasteiger partial charge on any atom is -0.00206 e. The summed E-state index contributed by atoms with van der Waals surface area (Å²) in [5.41, 5.74) is 6.19. The summed E-state index contributed by atoms with van der Waals surface area (Å²) < 4.78 is 0. The van der Waals surface area contributed by atoms with Crippen molar-refractivity contribution in [1.29, 1.82) is 0 Å². The minimum atomic E-state index is 0.342. The smallest absolute Gasteiger partial charge is 0.00206 e. The van der Waals surface area contributed by atoms with E-state index in [9.17, 15) is 0 Å². The first kappa shape index (κ1) is 13.0. The lowest BCUT2D eigenvalue weighted by atomic mass is 9.72. The van der Waals surface area contributed by atoms with Gasteiger partial charge in [0, 0.05) is 0 Å². The molecule has 0 aliphatic rings. The molecule has 0 radical (unpaired) electrons. The molecule has 80 valence electrons. The van der Waals surface area contributed by atoms with Crippen molar-refractivity contribution < 1.29 is 0 Å². The van der Waals surface area contributed by atoms with Gasteiger partial charge in [-0.15, -0.1) is 0 Å². The number of nitrogens with two attached hydrogens (primary N) is 1. The molecule has 2 unspecified atom stereocenters. The Labute approximate surface area is 84.1 Å². The fourth-order valence-corrected chi connectivity index (χ4v) is 1.95. The van der Waals surface area contributed by atoms with E-state index in [1.807, 2.05) is 0 Å². The number of rotatable bonds is 6. The third-order valence-corrected chi connectivity index (χ3v) is 3.46. The van der Waals surface area contributed by atoms with Crippen LogP contribution in [0.4, 0.5) is 0 Å². The Kier molecular flexibility index (Phi) is 5.62. The predicted octanol–water partition coefficient (Wildman–Crippen LogP) is 3.43. The summed E-state index contributed by atoms with van der Waals surface area (Å²) in [6.45, 7) is 12.3. The Hall–Kier alpha value is -0.0400. The van der Waals surface area contributed by atoms with Crippen molar-refractivity contribution in [2.24, 2.45) is 23.0 Å². The normalized spacial score (nSPS) is 18.7. The van der Waals surface area contributed by atoms with Gasteiger partial charge in [-0.25, -0.2) is 0 Å². The fourth-order valence-electron chi connectivity index (χ4n) is 1.95. The molecule has 0 aromatic carbocycles. The lowest BCUT2D eigenvalue weighted by molar-refractivity contribution is 0.173. The summed E-state index contributed by atoms with van der Waals surface area (Å²) >= 11 is 0. The van der Waals surface area contributed by atoms with Gasteiger partial charge >= 0.3 is 0 Å². The van der Waals surface area contributed by atoms with Crippen LogP contribution in [0.1, 0.15) is 53.9 Å². The lowest BCUT2D eigenvalue weighted by Gasteiger charge is -2.35. The van der Waals surface area contributed by atoms with Gasteiger partial charge in [0.15, 0.2) is 0 Å². The summed E-state index contributed by atoms with van der Waals surface area (Å²) in [4.78, 5) is 0. The Morgan fingerprint density at radius 2 is 1.77 bits per heavy atom. The van der Waals surface area contributed by atoms with E-state index in [0.717, 1.165) is 12.5 Å². The highest BCUT2D eigenvalue weighted by Crippen LogP contribution is 2.34. The predicted molar refractivity (Wildman–Crippen MR) is 60.7 cm³/mol. The average molecular weight is 185 g/mol. The standard InChI is InChI=1S/C12H27N/c1-6-7-11(4)8-12(5,9-13)10(2)3/h10-11H,6-9,13H2,1-5H3. The molecule has 0 aromatic rings. The first-order valence-corrected chi connectivity index (χ1v) is 5.66. The zero-order valence-corrected chi connectivity index (χ0v) is 10.1. The summed E-state index contributed by atoms with van der Waals surface area (Å²) in [6.07, 6.45) is 3.90. The molecule has 0 spiro atoms. The van der Waals surface area contributed by atoms with Crippen molar-refractivity contribution >= 4 is 0 Å². The van der Waals surface area contributed by atoms with Crippen molar-refractivity contribution in [2.75, 3.05) is 6.54 Å². The van der Waals surface area contributed by atoms with Crippen LogP contribution in [0.5, 0.6) is 0 Å². The quantitative estimate of drug-likeness (QED) is 0.674. The van der Waals surface area contributed by atoms with Crippen LogP contribution in [0.2, 0.25) is 0 Å². The van der Waals surface area contributed by atoms with Gasteiger partial charge in [0.2, 0.25) is 0 Å². The largest absolute Gasteiger partial charge is 0.330 e. The van der Waals surface area contributed by atoms with Crippen molar-refractivity contribution in [3.05, 3.63) is 0 Å². The molecule has 1 heteroatoms. The number of hydrogen-bond acceptors (Lipinski definition) is 1. The molecular formula is C12H27N. The van der Waals surface area contributed by atoms with E-state index in [-0.39, 0.29) is 0 Å². The highest BCUT2D eigenvalue weighted by atomic mass is 14.6. The maximum atomic E-state index is 5.85. The van der Waals surface area contributed by atoms with Crippen LogP contribution in [0.25, 0.3) is 0 Å². The molecule has 0 heterocycles. The van der Waals surface area contributed by atoms with E-state index in [4.69, 9.17) is 5.73 Å². The Bertz CT molecular complexity index is 131. The monoisotopic (exact) mass is 185 g/mol. The SMILES string of the molecule is CCCC(C)CC(C)(CN)C(C)C. The minimum absolute atomic E-state index is 0.342. The van der Waals surface area contributed by atoms with Crippen LogP contribution < -0.4 is 5.73 Å². The molecule has 13 heavy (non-hydrogen) atoms. The van der Waals surface area contributed by atoms with Gasteiger partial charge in [-0.05, 0) is 30.2 Å². The molecule has 2 N–H and O–H groups in total. The topological polar surface area (TPSA) is 26.0 Å². The van der Waals surface area contributed by atoms with Crippen LogP contribution in [-0.2, 0) is 0 Å². The summed E-state index contributed by atoms with van der Waals surface area (Å²) in [7, 11) is 0. The van der Waals surface area contributed by atoms with Crippen LogP contribution >= 0.6 is 0 Å². The minimum Gasteiger partial charge on any atom is -0.330 e. The van der Waals surface area contributed by atoms with E-state index >= 15 is 0 Å². The second-order valence-electron chi connectivity index (χ2n) is 5.11. The molecule has 2 atom stereocenters. The Morgan fingerprint density at radius 1 is 1.23 bits per heavy atom. The second-order valence-corrected chi connectivity index (χ2v) is 5.11. The first-order chi connectivity index (χ1) is 5.96. The van der Waals surface area contributed by atoms with Crippen molar-refractivity contribution in [2.45, 2.75) is 53.9 Å². The third kappa shape index (κ3) is 4.12. The number of hydrogen-bond donors (Lipinski definition) is 1. The second kappa shape index (κ2) is 5.64. The van der Waals surface area contributed by atoms with Gasteiger partial charge in [0.1, 0.15) is 0 Å². The molecule has 0 fully saturated rings. The molecule has 0 amide bonds. The van der Waals surface area contributed by atoms with Gasteiger partial charge < -0.3 is 5.73 Å². The van der Waals surface area contributed by atoms with Gasteiger partial charge in [0.25, 0.3) is 0 Å². The van der Waals surface area contributed by atoms with Gasteiger partial charge in [-0.1, -0.05) is 47.5 Å². The maximum absolute atomic E-state index is 5.85. The Morgan fingerprint density at radius 3 is 2.08 bits per heavy atom. The third-order valence-electron chi connectivity index (χ3n) is 3.46. The van der Waals surface area contributed by atoms with E-state index in [1.54, 1.807) is 0 Å². The molecule has 0 saturated carbocycles. The lowest BCUT2D eigenvalue weighted by Crippen LogP contribution is -2.34. The van der Waals surface area contributed by atoms with Crippen molar-refractivity contribution in [1.82, 2.24) is 0 Å². The van der Waals surface area contributed by atoms with E-state index in [1.165, 1.54) is 19.3 Å². The summed E-state index contributed by atoms with van der Waals surface area (Å²) in [6, 6.07) is 0. The first-order valence-electron chi connectivity index (χ1n) is 5.66. The zero-order chi connectivity index (χ0) is 10.5. The zero-order valence-electron chi connectivity index (χ0n) is 10.1. The Balaban J connectivity index is 4.10. The van der Waals surface area contributed by atoms with Crippen LogP contribution in [-0.4, -0.2) is 6.54 Å². The van der Waals surface area contributed by atoms with Crippen molar-refractivity contribution in [3.63, 3.8) is 0 Å². The molecule has 1 nitrogen and oxygen atoms in total. The molecule has 0 bridgehead atoms. The fraction of sp³-hybridized carbons (Fsp3) is 1.00. The van der Waals surface area contributed by atoms with E-state index < -0.39 is 0 Å². The molecule has 0 aliphatic carbocycles. The molecule has 0 saturated heterocycles. The molecular weight excluding hydrogens is 158 g/mol. The van der Waals surface area contributed by atoms with E-state index in [2.05, 4.69) is 34.6 Å². The van der Waals surface area contributed by atoms with Crippen LogP contribution in [0.15, 0.2) is 0 Å². The summed E-state index contributed by atoms with van der Waals surface area (Å²) in [5.74, 6) is 1.51. The van der Waals surface area contributed by atoms with Crippen LogP contribution in [0, 0.1) is 17.3 Å². The highest BCUT2D eigenvalue weighted by Gasteiger charge is 2.28. The summed E-state index contributed by atoms with van der Waals surface area (Å²) in [5, 5.41) is 0. The van der Waals surface area contributed by atoms with Gasteiger partial charge in [-0.3, -0.25) is 0 Å². The van der Waals surface area contributed by atoms with Gasteiger partial charge in [0.05, 0.1) is 0 Å². The molecule has 0 aromatic heterocycles. The van der Waals surface area contributed by atoms with E-state index in [0.29, 0.717) is 11.3 Å². The average Bonchev–Trinajstić information content (AvgIpc) is 2.04. The molecule has 0 aliphatic heterocycles.